The third kappa shape index (κ3) is 4.96. The number of carbonyl (C=O) groups is 3. The van der Waals surface area contributed by atoms with Gasteiger partial charge in [0, 0.05) is 12.8 Å². The van der Waals surface area contributed by atoms with Gasteiger partial charge in [-0.2, -0.15) is 0 Å². The van der Waals surface area contributed by atoms with Crippen molar-refractivity contribution in [2.24, 2.45) is 0 Å². The summed E-state index contributed by atoms with van der Waals surface area (Å²) in [4.78, 5) is 37.9. The first-order valence-electron chi connectivity index (χ1n) is 6.10. The summed E-state index contributed by atoms with van der Waals surface area (Å²) in [7, 11) is 0. The molecule has 0 aliphatic carbocycles. The number of rotatable bonds is 7. The first-order valence-corrected chi connectivity index (χ1v) is 6.91. The quantitative estimate of drug-likeness (QED) is 0.744. The highest BCUT2D eigenvalue weighted by Crippen LogP contribution is 2.23. The number of carbonyl (C=O) groups excluding carboxylic acids is 2. The molecule has 0 spiro atoms. The van der Waals surface area contributed by atoms with Crippen molar-refractivity contribution >= 4 is 34.3 Å². The van der Waals surface area contributed by atoms with Crippen molar-refractivity contribution in [3.63, 3.8) is 0 Å². The number of aliphatic carboxylic acids is 1. The molecule has 0 aliphatic rings. The average molecular weight is 300 g/mol. The van der Waals surface area contributed by atoms with Gasteiger partial charge in [0.05, 0.1) is 12.3 Å². The summed E-state index contributed by atoms with van der Waals surface area (Å²) >= 11 is 1.04. The van der Waals surface area contributed by atoms with Crippen LogP contribution in [0.5, 0.6) is 0 Å². The number of aromatic nitrogens is 1. The minimum Gasteiger partial charge on any atom is -0.481 e. The standard InChI is InChI=1S/C12H16N2O5S/c1-3-19-11(18)10-7(2)13-12(20-10)14-8(15)5-4-6-9(16)17/h3-6H2,1-2H3,(H,16,17)(H,13,14,15). The summed E-state index contributed by atoms with van der Waals surface area (Å²) in [6, 6.07) is 0. The molecule has 2 N–H and O–H groups in total. The van der Waals surface area contributed by atoms with Gasteiger partial charge in [0.15, 0.2) is 5.13 Å². The van der Waals surface area contributed by atoms with E-state index >= 15 is 0 Å². The van der Waals surface area contributed by atoms with Crippen molar-refractivity contribution in [3.8, 4) is 0 Å². The average Bonchev–Trinajstić information content (AvgIpc) is 2.70. The van der Waals surface area contributed by atoms with Gasteiger partial charge in [-0.15, -0.1) is 0 Å². The van der Waals surface area contributed by atoms with Crippen LogP contribution < -0.4 is 5.32 Å². The van der Waals surface area contributed by atoms with Gasteiger partial charge >= 0.3 is 11.9 Å². The molecule has 0 saturated carbocycles. The second-order valence-electron chi connectivity index (χ2n) is 3.95. The molecule has 0 bridgehead atoms. The zero-order chi connectivity index (χ0) is 15.1. The molecule has 0 radical (unpaired) electrons. The second kappa shape index (κ2) is 7.59. The predicted octanol–water partition coefficient (Wildman–Crippen LogP) is 1.82. The van der Waals surface area contributed by atoms with Crippen molar-refractivity contribution < 1.29 is 24.2 Å². The SMILES string of the molecule is CCOC(=O)c1sc(NC(=O)CCCC(=O)O)nc1C. The summed E-state index contributed by atoms with van der Waals surface area (Å²) < 4.78 is 4.87. The third-order valence-electron chi connectivity index (χ3n) is 2.30. The van der Waals surface area contributed by atoms with Gasteiger partial charge in [-0.3, -0.25) is 9.59 Å². The van der Waals surface area contributed by atoms with Crippen LogP contribution >= 0.6 is 11.3 Å². The van der Waals surface area contributed by atoms with E-state index < -0.39 is 11.9 Å². The molecule has 1 heterocycles. The van der Waals surface area contributed by atoms with Gasteiger partial charge < -0.3 is 15.2 Å². The van der Waals surface area contributed by atoms with E-state index in [1.54, 1.807) is 13.8 Å². The lowest BCUT2D eigenvalue weighted by Gasteiger charge is -1.99. The topological polar surface area (TPSA) is 106 Å². The number of nitrogens with zero attached hydrogens (tertiary/aromatic N) is 1. The van der Waals surface area contributed by atoms with E-state index in [1.165, 1.54) is 0 Å². The fourth-order valence-corrected chi connectivity index (χ4v) is 2.29. The number of ether oxygens (including phenoxy) is 1. The molecule has 7 nitrogen and oxygen atoms in total. The van der Waals surface area contributed by atoms with Crippen LogP contribution in [0.15, 0.2) is 0 Å². The number of hydrogen-bond acceptors (Lipinski definition) is 6. The van der Waals surface area contributed by atoms with Gasteiger partial charge in [-0.25, -0.2) is 9.78 Å². The molecule has 8 heteroatoms. The Hall–Kier alpha value is -1.96. The molecular formula is C12H16N2O5S. The highest BCUT2D eigenvalue weighted by molar-refractivity contribution is 7.17. The Balaban J connectivity index is 2.56. The van der Waals surface area contributed by atoms with E-state index in [0.717, 1.165) is 11.3 Å². The molecule has 0 atom stereocenters. The molecule has 0 aromatic carbocycles. The Morgan fingerprint density at radius 3 is 2.65 bits per heavy atom. The maximum atomic E-state index is 11.6. The van der Waals surface area contributed by atoms with Crippen molar-refractivity contribution in [1.29, 1.82) is 0 Å². The van der Waals surface area contributed by atoms with Gasteiger partial charge in [-0.05, 0) is 20.3 Å². The van der Waals surface area contributed by atoms with Crippen LogP contribution in [0.4, 0.5) is 5.13 Å². The molecule has 0 unspecified atom stereocenters. The van der Waals surface area contributed by atoms with Gasteiger partial charge in [0.25, 0.3) is 0 Å². The van der Waals surface area contributed by atoms with Crippen LogP contribution in [0.25, 0.3) is 0 Å². The van der Waals surface area contributed by atoms with E-state index in [-0.39, 0.29) is 31.8 Å². The molecule has 1 rings (SSSR count). The number of thiazole rings is 1. The Kier molecular flexibility index (Phi) is 6.10. The summed E-state index contributed by atoms with van der Waals surface area (Å²) in [6.07, 6.45) is 0.300. The monoisotopic (exact) mass is 300 g/mol. The predicted molar refractivity (Wildman–Crippen MR) is 72.9 cm³/mol. The highest BCUT2D eigenvalue weighted by atomic mass is 32.1. The molecule has 1 aromatic rings. The van der Waals surface area contributed by atoms with Crippen molar-refractivity contribution in [2.45, 2.75) is 33.1 Å². The number of amides is 1. The normalized spacial score (nSPS) is 10.1. The van der Waals surface area contributed by atoms with Crippen LogP contribution in [-0.4, -0.2) is 34.5 Å². The number of anilines is 1. The molecular weight excluding hydrogens is 284 g/mol. The number of esters is 1. The molecule has 1 amide bonds. The van der Waals surface area contributed by atoms with Crippen molar-refractivity contribution in [3.05, 3.63) is 10.6 Å². The Morgan fingerprint density at radius 1 is 1.35 bits per heavy atom. The first-order chi connectivity index (χ1) is 9.43. The van der Waals surface area contributed by atoms with E-state index in [0.29, 0.717) is 15.7 Å². The minimum absolute atomic E-state index is 0.0572. The zero-order valence-electron chi connectivity index (χ0n) is 11.3. The fraction of sp³-hybridized carbons (Fsp3) is 0.500. The van der Waals surface area contributed by atoms with Crippen molar-refractivity contribution in [2.75, 3.05) is 11.9 Å². The van der Waals surface area contributed by atoms with E-state index in [4.69, 9.17) is 9.84 Å². The summed E-state index contributed by atoms with van der Waals surface area (Å²) in [6.45, 7) is 3.63. The van der Waals surface area contributed by atoms with E-state index in [9.17, 15) is 14.4 Å². The van der Waals surface area contributed by atoms with E-state index in [2.05, 4.69) is 10.3 Å². The molecule has 110 valence electrons. The first kappa shape index (κ1) is 16.1. The number of hydrogen-bond donors (Lipinski definition) is 2. The molecule has 0 saturated heterocycles. The Morgan fingerprint density at radius 2 is 2.05 bits per heavy atom. The van der Waals surface area contributed by atoms with Crippen LogP contribution in [-0.2, 0) is 14.3 Å². The largest absolute Gasteiger partial charge is 0.481 e. The lowest BCUT2D eigenvalue weighted by atomic mass is 10.2. The zero-order valence-corrected chi connectivity index (χ0v) is 12.1. The fourth-order valence-electron chi connectivity index (χ4n) is 1.42. The summed E-state index contributed by atoms with van der Waals surface area (Å²) in [5.41, 5.74) is 0.495. The van der Waals surface area contributed by atoms with Crippen LogP contribution in [0, 0.1) is 6.92 Å². The van der Waals surface area contributed by atoms with Crippen LogP contribution in [0.2, 0.25) is 0 Å². The van der Waals surface area contributed by atoms with Crippen molar-refractivity contribution in [1.82, 2.24) is 4.98 Å². The summed E-state index contributed by atoms with van der Waals surface area (Å²) in [5, 5.41) is 11.3. The maximum absolute atomic E-state index is 11.6. The lowest BCUT2D eigenvalue weighted by Crippen LogP contribution is -2.11. The maximum Gasteiger partial charge on any atom is 0.350 e. The molecule has 1 aromatic heterocycles. The lowest BCUT2D eigenvalue weighted by molar-refractivity contribution is -0.137. The van der Waals surface area contributed by atoms with Gasteiger partial charge in [-0.1, -0.05) is 11.3 Å². The van der Waals surface area contributed by atoms with Gasteiger partial charge in [0.2, 0.25) is 5.91 Å². The smallest absolute Gasteiger partial charge is 0.350 e. The Labute approximate surface area is 120 Å². The molecule has 0 fully saturated rings. The number of carboxylic acid groups (broad SMARTS) is 1. The van der Waals surface area contributed by atoms with E-state index in [1.807, 2.05) is 0 Å². The number of carboxylic acids is 1. The van der Waals surface area contributed by atoms with Crippen LogP contribution in [0.3, 0.4) is 0 Å². The number of nitrogens with one attached hydrogen (secondary N) is 1. The molecule has 0 aliphatic heterocycles. The van der Waals surface area contributed by atoms with Crippen LogP contribution in [0.1, 0.15) is 41.6 Å². The second-order valence-corrected chi connectivity index (χ2v) is 4.95. The van der Waals surface area contributed by atoms with Gasteiger partial charge in [0.1, 0.15) is 4.88 Å². The minimum atomic E-state index is -0.938. The summed E-state index contributed by atoms with van der Waals surface area (Å²) in [5.74, 6) is -1.73. The Bertz CT molecular complexity index is 512. The number of aryl methyl sites for hydroxylation is 1. The molecule has 20 heavy (non-hydrogen) atoms. The third-order valence-corrected chi connectivity index (χ3v) is 3.35. The highest BCUT2D eigenvalue weighted by Gasteiger charge is 2.17.